The van der Waals surface area contributed by atoms with Gasteiger partial charge in [0.15, 0.2) is 0 Å². The summed E-state index contributed by atoms with van der Waals surface area (Å²) < 4.78 is 12.9. The quantitative estimate of drug-likeness (QED) is 0.555. The van der Waals surface area contributed by atoms with Crippen LogP contribution < -0.4 is 0 Å². The first-order valence-electron chi connectivity index (χ1n) is 3.65. The van der Waals surface area contributed by atoms with Gasteiger partial charge >= 0.3 is 0 Å². The van der Waals surface area contributed by atoms with Crippen LogP contribution in [0.1, 0.15) is 19.3 Å². The first-order valence-corrected chi connectivity index (χ1v) is 3.65. The zero-order chi connectivity index (χ0) is 7.56. The third-order valence-corrected chi connectivity index (χ3v) is 2.10. The van der Waals surface area contributed by atoms with Gasteiger partial charge in [-0.15, -0.1) is 0 Å². The maximum Gasteiger partial charge on any atom is 0.109 e. The standard InChI is InChI=1S/C8H13FO/c1-6-2-3-7(5-10)8(9)4-6/h7-8,10H,1-5H2. The lowest BCUT2D eigenvalue weighted by atomic mass is 9.85. The molecule has 2 atom stereocenters. The summed E-state index contributed by atoms with van der Waals surface area (Å²) in [7, 11) is 0. The molecule has 58 valence electrons. The van der Waals surface area contributed by atoms with Gasteiger partial charge in [-0.05, 0) is 19.3 Å². The van der Waals surface area contributed by atoms with E-state index >= 15 is 0 Å². The molecule has 0 aromatic heterocycles. The normalized spacial score (nSPS) is 34.4. The van der Waals surface area contributed by atoms with E-state index in [2.05, 4.69) is 6.58 Å². The molecule has 0 radical (unpaired) electrons. The van der Waals surface area contributed by atoms with Crippen molar-refractivity contribution in [3.8, 4) is 0 Å². The number of halogens is 1. The minimum atomic E-state index is -0.855. The number of rotatable bonds is 1. The molecule has 10 heavy (non-hydrogen) atoms. The Balaban J connectivity index is 2.43. The Morgan fingerprint density at radius 2 is 2.40 bits per heavy atom. The van der Waals surface area contributed by atoms with Gasteiger partial charge in [-0.1, -0.05) is 12.2 Å². The average Bonchev–Trinajstić information content (AvgIpc) is 1.88. The third kappa shape index (κ3) is 1.57. The van der Waals surface area contributed by atoms with Gasteiger partial charge in [-0.3, -0.25) is 0 Å². The second-order valence-electron chi connectivity index (χ2n) is 2.95. The molecule has 0 amide bonds. The summed E-state index contributed by atoms with van der Waals surface area (Å²) in [5.41, 5.74) is 0.984. The van der Waals surface area contributed by atoms with Gasteiger partial charge in [0, 0.05) is 12.5 Å². The Hall–Kier alpha value is -0.370. The second kappa shape index (κ2) is 3.15. The SMILES string of the molecule is C=C1CCC(CO)C(F)C1. The Bertz CT molecular complexity index is 133. The Kier molecular flexibility index (Phi) is 2.44. The zero-order valence-corrected chi connectivity index (χ0v) is 6.02. The number of hydrogen-bond acceptors (Lipinski definition) is 1. The number of aliphatic hydroxyl groups is 1. The number of allylic oxidation sites excluding steroid dienone is 1. The predicted octanol–water partition coefficient (Wildman–Crippen LogP) is 1.67. The fourth-order valence-corrected chi connectivity index (χ4v) is 1.32. The van der Waals surface area contributed by atoms with Crippen molar-refractivity contribution < 1.29 is 9.50 Å². The van der Waals surface area contributed by atoms with E-state index in [1.54, 1.807) is 0 Å². The average molecular weight is 144 g/mol. The summed E-state index contributed by atoms with van der Waals surface area (Å²) in [6.45, 7) is 3.69. The molecule has 2 unspecified atom stereocenters. The van der Waals surface area contributed by atoms with Crippen molar-refractivity contribution in [1.82, 2.24) is 0 Å². The highest BCUT2D eigenvalue weighted by Crippen LogP contribution is 2.29. The lowest BCUT2D eigenvalue weighted by Crippen LogP contribution is -2.24. The number of aliphatic hydroxyl groups excluding tert-OH is 1. The van der Waals surface area contributed by atoms with E-state index in [0.717, 1.165) is 18.4 Å². The maximum absolute atomic E-state index is 12.9. The summed E-state index contributed by atoms with van der Waals surface area (Å²) in [6, 6.07) is 0. The van der Waals surface area contributed by atoms with Crippen molar-refractivity contribution in [2.45, 2.75) is 25.4 Å². The van der Waals surface area contributed by atoms with Gasteiger partial charge in [0.1, 0.15) is 6.17 Å². The predicted molar refractivity (Wildman–Crippen MR) is 38.5 cm³/mol. The summed E-state index contributed by atoms with van der Waals surface area (Å²) in [5, 5.41) is 8.68. The van der Waals surface area contributed by atoms with Gasteiger partial charge < -0.3 is 5.11 Å². The Labute approximate surface area is 60.6 Å². The van der Waals surface area contributed by atoms with Crippen molar-refractivity contribution in [3.05, 3.63) is 12.2 Å². The summed E-state index contributed by atoms with van der Waals surface area (Å²) in [5.74, 6) is -0.134. The van der Waals surface area contributed by atoms with E-state index in [1.807, 2.05) is 0 Å². The van der Waals surface area contributed by atoms with E-state index in [0.29, 0.717) is 6.42 Å². The van der Waals surface area contributed by atoms with Gasteiger partial charge in [0.05, 0.1) is 0 Å². The minimum Gasteiger partial charge on any atom is -0.396 e. The fourth-order valence-electron chi connectivity index (χ4n) is 1.32. The van der Waals surface area contributed by atoms with Crippen LogP contribution in [0.25, 0.3) is 0 Å². The molecule has 1 saturated carbocycles. The topological polar surface area (TPSA) is 20.2 Å². The van der Waals surface area contributed by atoms with Crippen molar-refractivity contribution >= 4 is 0 Å². The van der Waals surface area contributed by atoms with Crippen LogP contribution in [0, 0.1) is 5.92 Å². The second-order valence-corrected chi connectivity index (χ2v) is 2.95. The van der Waals surface area contributed by atoms with Crippen LogP contribution in [-0.2, 0) is 0 Å². The van der Waals surface area contributed by atoms with Gasteiger partial charge in [-0.25, -0.2) is 4.39 Å². The maximum atomic E-state index is 12.9. The highest BCUT2D eigenvalue weighted by atomic mass is 19.1. The van der Waals surface area contributed by atoms with E-state index in [-0.39, 0.29) is 12.5 Å². The number of hydrogen-bond donors (Lipinski definition) is 1. The van der Waals surface area contributed by atoms with E-state index in [4.69, 9.17) is 5.11 Å². The van der Waals surface area contributed by atoms with E-state index < -0.39 is 6.17 Å². The lowest BCUT2D eigenvalue weighted by molar-refractivity contribution is 0.118. The van der Waals surface area contributed by atoms with E-state index in [1.165, 1.54) is 0 Å². The summed E-state index contributed by atoms with van der Waals surface area (Å²) in [6.07, 6.45) is 1.24. The van der Waals surface area contributed by atoms with Crippen LogP contribution in [-0.4, -0.2) is 17.9 Å². The molecular formula is C8H13FO. The molecule has 0 heterocycles. The molecule has 2 heteroatoms. The minimum absolute atomic E-state index is 0.0194. The fraction of sp³-hybridized carbons (Fsp3) is 0.750. The lowest BCUT2D eigenvalue weighted by Gasteiger charge is -2.25. The molecule has 1 N–H and O–H groups in total. The molecule has 0 aromatic carbocycles. The molecule has 0 aromatic rings. The molecule has 1 fully saturated rings. The Morgan fingerprint density at radius 1 is 1.70 bits per heavy atom. The first kappa shape index (κ1) is 7.73. The van der Waals surface area contributed by atoms with E-state index in [9.17, 15) is 4.39 Å². The largest absolute Gasteiger partial charge is 0.396 e. The van der Waals surface area contributed by atoms with Crippen molar-refractivity contribution in [2.24, 2.45) is 5.92 Å². The zero-order valence-electron chi connectivity index (χ0n) is 6.02. The molecule has 0 aliphatic heterocycles. The number of alkyl halides is 1. The van der Waals surface area contributed by atoms with Crippen LogP contribution in [0.3, 0.4) is 0 Å². The highest BCUT2D eigenvalue weighted by molar-refractivity contribution is 5.01. The van der Waals surface area contributed by atoms with Gasteiger partial charge in [-0.2, -0.15) is 0 Å². The molecule has 1 nitrogen and oxygen atoms in total. The molecule has 1 aliphatic carbocycles. The Morgan fingerprint density at radius 3 is 2.90 bits per heavy atom. The van der Waals surface area contributed by atoms with Crippen LogP contribution in [0.4, 0.5) is 4.39 Å². The smallest absolute Gasteiger partial charge is 0.109 e. The van der Waals surface area contributed by atoms with Crippen LogP contribution >= 0.6 is 0 Å². The molecule has 1 aliphatic rings. The molecule has 1 rings (SSSR count). The molecule has 0 bridgehead atoms. The van der Waals surface area contributed by atoms with Gasteiger partial charge in [0.25, 0.3) is 0 Å². The molecule has 0 saturated heterocycles. The highest BCUT2D eigenvalue weighted by Gasteiger charge is 2.25. The van der Waals surface area contributed by atoms with Crippen molar-refractivity contribution in [2.75, 3.05) is 6.61 Å². The summed E-state index contributed by atoms with van der Waals surface area (Å²) in [4.78, 5) is 0. The van der Waals surface area contributed by atoms with Crippen LogP contribution in [0.15, 0.2) is 12.2 Å². The van der Waals surface area contributed by atoms with Crippen molar-refractivity contribution in [3.63, 3.8) is 0 Å². The van der Waals surface area contributed by atoms with Gasteiger partial charge in [0.2, 0.25) is 0 Å². The first-order chi connectivity index (χ1) is 4.74. The molecular weight excluding hydrogens is 131 g/mol. The van der Waals surface area contributed by atoms with Crippen LogP contribution in [0.5, 0.6) is 0 Å². The monoisotopic (exact) mass is 144 g/mol. The molecule has 0 spiro atoms. The van der Waals surface area contributed by atoms with Crippen LogP contribution in [0.2, 0.25) is 0 Å². The summed E-state index contributed by atoms with van der Waals surface area (Å²) >= 11 is 0. The third-order valence-electron chi connectivity index (χ3n) is 2.10. The van der Waals surface area contributed by atoms with Crippen molar-refractivity contribution in [1.29, 1.82) is 0 Å².